The maximum absolute atomic E-state index is 13.8. The fraction of sp³-hybridized carbons (Fsp3) is 0.448. The van der Waals surface area contributed by atoms with Crippen LogP contribution in [0, 0.1) is 19.8 Å². The van der Waals surface area contributed by atoms with Gasteiger partial charge in [0.2, 0.25) is 0 Å². The molecule has 1 aliphatic heterocycles. The van der Waals surface area contributed by atoms with Gasteiger partial charge in [0.15, 0.2) is 6.17 Å². The number of anilines is 1. The van der Waals surface area contributed by atoms with E-state index in [1.54, 1.807) is 18.2 Å². The monoisotopic (exact) mass is 520 g/mol. The van der Waals surface area contributed by atoms with E-state index in [0.29, 0.717) is 11.3 Å². The van der Waals surface area contributed by atoms with Gasteiger partial charge in [0.25, 0.3) is 11.8 Å². The molecule has 38 heavy (non-hydrogen) atoms. The maximum Gasteiger partial charge on any atom is 0.323 e. The topological polar surface area (TPSA) is 119 Å². The minimum absolute atomic E-state index is 0.0426. The average Bonchev–Trinajstić information content (AvgIpc) is 3.34. The van der Waals surface area contributed by atoms with Crippen LogP contribution in [0.2, 0.25) is 0 Å². The van der Waals surface area contributed by atoms with Crippen LogP contribution in [0.15, 0.2) is 48.5 Å². The molecule has 202 valence electrons. The first-order chi connectivity index (χ1) is 18.2. The normalized spacial score (nSPS) is 18.6. The Bertz CT molecular complexity index is 1180. The lowest BCUT2D eigenvalue weighted by atomic mass is 9.82. The van der Waals surface area contributed by atoms with Gasteiger partial charge in [-0.25, -0.2) is 4.79 Å². The van der Waals surface area contributed by atoms with Crippen LogP contribution >= 0.6 is 0 Å². The third-order valence-electron chi connectivity index (χ3n) is 7.44. The van der Waals surface area contributed by atoms with E-state index in [1.807, 2.05) is 44.2 Å². The highest BCUT2D eigenvalue weighted by Gasteiger charge is 2.44. The molecular weight excluding hydrogens is 484 g/mol. The molecule has 2 aromatic rings. The lowest BCUT2D eigenvalue weighted by molar-refractivity contribution is -0.138. The van der Waals surface area contributed by atoms with E-state index in [1.165, 1.54) is 9.80 Å². The Balaban J connectivity index is 1.60. The Kier molecular flexibility index (Phi) is 8.66. The van der Waals surface area contributed by atoms with Gasteiger partial charge in [0.05, 0.1) is 6.42 Å². The summed E-state index contributed by atoms with van der Waals surface area (Å²) >= 11 is 0. The standard InChI is InChI=1S/C29H36N4O5/c1-19-11-13-22(14-12-19)28(37)32-15-16-33(29(38)30-23-10-6-7-20(2)17-23)27(32)26(36)31-24(18-25(34)35)21-8-4-3-5-9-21/h6-7,10-14,17,21,24,27H,3-5,8-9,15-16,18H2,1-2H3,(H,30,38)(H,31,36)(H,34,35). The summed E-state index contributed by atoms with van der Waals surface area (Å²) in [4.78, 5) is 55.0. The Morgan fingerprint density at radius 1 is 0.921 bits per heavy atom. The third kappa shape index (κ3) is 6.51. The molecule has 4 amide bonds. The number of carboxylic acid groups (broad SMARTS) is 1. The molecule has 2 aromatic carbocycles. The van der Waals surface area contributed by atoms with Gasteiger partial charge < -0.3 is 20.6 Å². The van der Waals surface area contributed by atoms with Gasteiger partial charge in [-0.1, -0.05) is 49.1 Å². The number of benzene rings is 2. The predicted octanol–water partition coefficient (Wildman–Crippen LogP) is 4.16. The Morgan fingerprint density at radius 3 is 2.26 bits per heavy atom. The third-order valence-corrected chi connectivity index (χ3v) is 7.44. The Labute approximate surface area is 223 Å². The molecule has 1 saturated heterocycles. The smallest absolute Gasteiger partial charge is 0.323 e. The summed E-state index contributed by atoms with van der Waals surface area (Å²) in [6, 6.07) is 13.3. The first kappa shape index (κ1) is 27.2. The number of carboxylic acids is 1. The zero-order valence-electron chi connectivity index (χ0n) is 22.0. The number of hydrogen-bond acceptors (Lipinski definition) is 4. The average molecular weight is 521 g/mol. The summed E-state index contributed by atoms with van der Waals surface area (Å²) in [6.45, 7) is 4.18. The van der Waals surface area contributed by atoms with Gasteiger partial charge in [-0.3, -0.25) is 19.3 Å². The number of aryl methyl sites for hydroxylation is 2. The van der Waals surface area contributed by atoms with Gasteiger partial charge in [0, 0.05) is 30.4 Å². The first-order valence-electron chi connectivity index (χ1n) is 13.3. The molecular formula is C29H36N4O5. The number of rotatable bonds is 7. The second-order valence-electron chi connectivity index (χ2n) is 10.3. The van der Waals surface area contributed by atoms with Crippen molar-refractivity contribution in [3.63, 3.8) is 0 Å². The van der Waals surface area contributed by atoms with Crippen LogP contribution < -0.4 is 10.6 Å². The highest BCUT2D eigenvalue weighted by atomic mass is 16.4. The maximum atomic E-state index is 13.8. The van der Waals surface area contributed by atoms with E-state index in [9.17, 15) is 24.3 Å². The highest BCUT2D eigenvalue weighted by molar-refractivity contribution is 6.00. The molecule has 2 atom stereocenters. The molecule has 4 rings (SSSR count). The molecule has 2 unspecified atom stereocenters. The second kappa shape index (κ2) is 12.1. The molecule has 1 saturated carbocycles. The predicted molar refractivity (Wildman–Crippen MR) is 144 cm³/mol. The molecule has 0 bridgehead atoms. The van der Waals surface area contributed by atoms with Crippen LogP contribution in [-0.2, 0) is 9.59 Å². The number of amides is 4. The Hall–Kier alpha value is -3.88. The zero-order chi connectivity index (χ0) is 27.2. The van der Waals surface area contributed by atoms with Crippen LogP contribution in [0.1, 0.15) is 60.0 Å². The van der Waals surface area contributed by atoms with Crippen LogP contribution in [0.4, 0.5) is 10.5 Å². The van der Waals surface area contributed by atoms with E-state index >= 15 is 0 Å². The SMILES string of the molecule is Cc1ccc(C(=O)N2CCN(C(=O)Nc3cccc(C)c3)C2C(=O)NC(CC(=O)O)C2CCCCC2)cc1. The van der Waals surface area contributed by atoms with Crippen molar-refractivity contribution in [3.8, 4) is 0 Å². The van der Waals surface area contributed by atoms with E-state index in [-0.39, 0.29) is 31.3 Å². The lowest BCUT2D eigenvalue weighted by Crippen LogP contribution is -2.57. The van der Waals surface area contributed by atoms with Crippen molar-refractivity contribution in [2.75, 3.05) is 18.4 Å². The fourth-order valence-electron chi connectivity index (χ4n) is 5.43. The van der Waals surface area contributed by atoms with Gasteiger partial charge in [-0.05, 0) is 62.4 Å². The molecule has 0 aromatic heterocycles. The summed E-state index contributed by atoms with van der Waals surface area (Å²) in [5.41, 5.74) is 2.98. The molecule has 1 heterocycles. The van der Waals surface area contributed by atoms with Crippen LogP contribution in [0.3, 0.4) is 0 Å². The van der Waals surface area contributed by atoms with E-state index in [4.69, 9.17) is 0 Å². The molecule has 0 spiro atoms. The summed E-state index contributed by atoms with van der Waals surface area (Å²) in [7, 11) is 0. The van der Waals surface area contributed by atoms with Crippen molar-refractivity contribution in [2.24, 2.45) is 5.92 Å². The quantitative estimate of drug-likeness (QED) is 0.507. The zero-order valence-corrected chi connectivity index (χ0v) is 22.0. The number of hydrogen-bond donors (Lipinski definition) is 3. The minimum Gasteiger partial charge on any atom is -0.481 e. The van der Waals surface area contributed by atoms with E-state index in [2.05, 4.69) is 10.6 Å². The summed E-state index contributed by atoms with van der Waals surface area (Å²) in [5, 5.41) is 15.3. The van der Waals surface area contributed by atoms with Gasteiger partial charge in [-0.2, -0.15) is 0 Å². The molecule has 2 aliphatic rings. The number of urea groups is 1. The van der Waals surface area contributed by atoms with Gasteiger partial charge in [-0.15, -0.1) is 0 Å². The fourth-order valence-corrected chi connectivity index (χ4v) is 5.43. The van der Waals surface area contributed by atoms with Crippen LogP contribution in [0.25, 0.3) is 0 Å². The van der Waals surface area contributed by atoms with Crippen LogP contribution in [-0.4, -0.2) is 64.0 Å². The largest absolute Gasteiger partial charge is 0.481 e. The van der Waals surface area contributed by atoms with Gasteiger partial charge in [0.1, 0.15) is 0 Å². The first-order valence-corrected chi connectivity index (χ1v) is 13.3. The summed E-state index contributed by atoms with van der Waals surface area (Å²) in [6.07, 6.45) is 3.35. The molecule has 9 heteroatoms. The van der Waals surface area contributed by atoms with Gasteiger partial charge >= 0.3 is 12.0 Å². The number of aliphatic carboxylic acids is 1. The van der Waals surface area contributed by atoms with E-state index in [0.717, 1.165) is 43.2 Å². The molecule has 0 radical (unpaired) electrons. The Morgan fingerprint density at radius 2 is 1.61 bits per heavy atom. The number of nitrogens with zero attached hydrogens (tertiary/aromatic N) is 2. The van der Waals surface area contributed by atoms with Crippen molar-refractivity contribution < 1.29 is 24.3 Å². The highest BCUT2D eigenvalue weighted by Crippen LogP contribution is 2.29. The van der Waals surface area contributed by atoms with Crippen molar-refractivity contribution >= 4 is 29.5 Å². The number of carbonyl (C=O) groups is 4. The summed E-state index contributed by atoms with van der Waals surface area (Å²) in [5.74, 6) is -1.85. The minimum atomic E-state index is -1.20. The molecule has 3 N–H and O–H groups in total. The van der Waals surface area contributed by atoms with Crippen molar-refractivity contribution in [2.45, 2.75) is 64.6 Å². The lowest BCUT2D eigenvalue weighted by Gasteiger charge is -2.34. The molecule has 1 aliphatic carbocycles. The van der Waals surface area contributed by atoms with Crippen LogP contribution in [0.5, 0.6) is 0 Å². The van der Waals surface area contributed by atoms with E-state index < -0.39 is 30.1 Å². The molecule has 9 nitrogen and oxygen atoms in total. The summed E-state index contributed by atoms with van der Waals surface area (Å²) < 4.78 is 0. The molecule has 2 fully saturated rings. The second-order valence-corrected chi connectivity index (χ2v) is 10.3. The van der Waals surface area contributed by atoms with Crippen molar-refractivity contribution in [1.29, 1.82) is 0 Å². The van der Waals surface area contributed by atoms with Crippen molar-refractivity contribution in [1.82, 2.24) is 15.1 Å². The van der Waals surface area contributed by atoms with Crippen molar-refractivity contribution in [3.05, 3.63) is 65.2 Å². The number of nitrogens with one attached hydrogen (secondary N) is 2. The number of carbonyl (C=O) groups excluding carboxylic acids is 3.